The number of hydrogen-bond acceptors (Lipinski definition) is 1. The van der Waals surface area contributed by atoms with Gasteiger partial charge in [-0.25, -0.2) is 4.39 Å². The quantitative estimate of drug-likeness (QED) is 0.809. The van der Waals surface area contributed by atoms with E-state index in [0.29, 0.717) is 0 Å². The molecule has 0 aliphatic heterocycles. The van der Waals surface area contributed by atoms with Crippen molar-refractivity contribution >= 4 is 0 Å². The van der Waals surface area contributed by atoms with Gasteiger partial charge in [0, 0.05) is 0 Å². The summed E-state index contributed by atoms with van der Waals surface area (Å²) in [5.41, 5.74) is 2.08. The summed E-state index contributed by atoms with van der Waals surface area (Å²) >= 11 is 0. The van der Waals surface area contributed by atoms with E-state index < -0.39 is 0 Å². The SMILES string of the molecule is CCC(O)C(C)Cc1cc(F)ccc1C. The number of aliphatic hydroxyl groups excluding tert-OH is 1. The van der Waals surface area contributed by atoms with Crippen LogP contribution in [0, 0.1) is 18.7 Å². The summed E-state index contributed by atoms with van der Waals surface area (Å²) in [7, 11) is 0. The zero-order chi connectivity index (χ0) is 11.4. The van der Waals surface area contributed by atoms with Gasteiger partial charge in [0.15, 0.2) is 0 Å². The van der Waals surface area contributed by atoms with Crippen LogP contribution >= 0.6 is 0 Å². The second kappa shape index (κ2) is 5.26. The van der Waals surface area contributed by atoms with Gasteiger partial charge in [0.25, 0.3) is 0 Å². The predicted octanol–water partition coefficient (Wildman–Crippen LogP) is 3.08. The van der Waals surface area contributed by atoms with E-state index in [0.717, 1.165) is 24.0 Å². The molecule has 0 amide bonds. The third-order valence-electron chi connectivity index (χ3n) is 2.93. The van der Waals surface area contributed by atoms with Crippen LogP contribution < -0.4 is 0 Å². The maximum absolute atomic E-state index is 13.0. The number of benzene rings is 1. The van der Waals surface area contributed by atoms with E-state index >= 15 is 0 Å². The molecule has 0 radical (unpaired) electrons. The molecule has 0 saturated heterocycles. The molecule has 0 fully saturated rings. The Morgan fingerprint density at radius 3 is 2.67 bits per heavy atom. The summed E-state index contributed by atoms with van der Waals surface area (Å²) in [6.45, 7) is 5.93. The second-order valence-corrected chi connectivity index (χ2v) is 4.23. The van der Waals surface area contributed by atoms with Crippen molar-refractivity contribution in [2.24, 2.45) is 5.92 Å². The van der Waals surface area contributed by atoms with E-state index in [1.807, 2.05) is 20.8 Å². The van der Waals surface area contributed by atoms with E-state index in [4.69, 9.17) is 0 Å². The average molecular weight is 210 g/mol. The number of aliphatic hydroxyl groups is 1. The van der Waals surface area contributed by atoms with Gasteiger partial charge in [-0.2, -0.15) is 0 Å². The molecule has 1 N–H and O–H groups in total. The predicted molar refractivity (Wildman–Crippen MR) is 60.3 cm³/mol. The second-order valence-electron chi connectivity index (χ2n) is 4.23. The number of rotatable bonds is 4. The third-order valence-corrected chi connectivity index (χ3v) is 2.93. The minimum atomic E-state index is -0.298. The Labute approximate surface area is 90.9 Å². The lowest BCUT2D eigenvalue weighted by Gasteiger charge is -2.18. The largest absolute Gasteiger partial charge is 0.393 e. The molecular formula is C13H19FO. The molecule has 84 valence electrons. The van der Waals surface area contributed by atoms with Crippen molar-refractivity contribution < 1.29 is 9.50 Å². The highest BCUT2D eigenvalue weighted by molar-refractivity contribution is 5.27. The summed E-state index contributed by atoms with van der Waals surface area (Å²) in [6, 6.07) is 4.82. The van der Waals surface area contributed by atoms with Crippen LogP contribution in [0.2, 0.25) is 0 Å². The van der Waals surface area contributed by atoms with Crippen LogP contribution in [0.1, 0.15) is 31.4 Å². The summed E-state index contributed by atoms with van der Waals surface area (Å²) in [5.74, 6) is -0.0238. The highest BCUT2D eigenvalue weighted by Crippen LogP contribution is 2.18. The van der Waals surface area contributed by atoms with Crippen LogP contribution in [0.4, 0.5) is 4.39 Å². The zero-order valence-corrected chi connectivity index (χ0v) is 9.63. The van der Waals surface area contributed by atoms with Gasteiger partial charge in [0.05, 0.1) is 6.10 Å². The summed E-state index contributed by atoms with van der Waals surface area (Å²) in [6.07, 6.45) is 1.18. The Kier molecular flexibility index (Phi) is 4.28. The van der Waals surface area contributed by atoms with Crippen LogP contribution in [-0.2, 0) is 6.42 Å². The fourth-order valence-corrected chi connectivity index (χ4v) is 1.75. The highest BCUT2D eigenvalue weighted by Gasteiger charge is 2.13. The van der Waals surface area contributed by atoms with Crippen molar-refractivity contribution in [3.05, 3.63) is 35.1 Å². The standard InChI is InChI=1S/C13H19FO/c1-4-13(15)10(3)7-11-8-12(14)6-5-9(11)2/h5-6,8,10,13,15H,4,7H2,1-3H3. The monoisotopic (exact) mass is 210 g/mol. The van der Waals surface area contributed by atoms with Crippen molar-refractivity contribution in [1.29, 1.82) is 0 Å². The van der Waals surface area contributed by atoms with E-state index in [-0.39, 0.29) is 17.8 Å². The van der Waals surface area contributed by atoms with Crippen molar-refractivity contribution in [3.63, 3.8) is 0 Å². The molecule has 2 heteroatoms. The lowest BCUT2D eigenvalue weighted by atomic mass is 9.92. The molecule has 1 aromatic rings. The van der Waals surface area contributed by atoms with Gasteiger partial charge in [-0.05, 0) is 48.9 Å². The topological polar surface area (TPSA) is 20.2 Å². The Hall–Kier alpha value is -0.890. The zero-order valence-electron chi connectivity index (χ0n) is 9.63. The molecule has 0 aromatic heterocycles. The van der Waals surface area contributed by atoms with Crippen molar-refractivity contribution in [3.8, 4) is 0 Å². The van der Waals surface area contributed by atoms with Crippen LogP contribution in [0.3, 0.4) is 0 Å². The Bertz CT molecular complexity index is 322. The molecule has 0 heterocycles. The maximum Gasteiger partial charge on any atom is 0.123 e. The minimum Gasteiger partial charge on any atom is -0.393 e. The van der Waals surface area contributed by atoms with Crippen LogP contribution in [0.15, 0.2) is 18.2 Å². The lowest BCUT2D eigenvalue weighted by Crippen LogP contribution is -2.18. The molecule has 0 saturated carbocycles. The maximum atomic E-state index is 13.0. The third kappa shape index (κ3) is 3.31. The van der Waals surface area contributed by atoms with E-state index in [9.17, 15) is 9.50 Å². The number of aryl methyl sites for hydroxylation is 1. The van der Waals surface area contributed by atoms with E-state index in [1.54, 1.807) is 12.1 Å². The Balaban J connectivity index is 2.75. The van der Waals surface area contributed by atoms with Gasteiger partial charge in [0.2, 0.25) is 0 Å². The molecule has 0 spiro atoms. The van der Waals surface area contributed by atoms with Crippen LogP contribution in [0.25, 0.3) is 0 Å². The lowest BCUT2D eigenvalue weighted by molar-refractivity contribution is 0.112. The molecule has 1 nitrogen and oxygen atoms in total. The van der Waals surface area contributed by atoms with Gasteiger partial charge in [-0.15, -0.1) is 0 Å². The average Bonchev–Trinajstić information content (AvgIpc) is 2.22. The van der Waals surface area contributed by atoms with E-state index in [1.165, 1.54) is 6.07 Å². The molecule has 1 aromatic carbocycles. The molecule has 0 bridgehead atoms. The normalized spacial score (nSPS) is 15.0. The van der Waals surface area contributed by atoms with Crippen LogP contribution in [0.5, 0.6) is 0 Å². The van der Waals surface area contributed by atoms with Crippen molar-refractivity contribution in [2.75, 3.05) is 0 Å². The summed E-state index contributed by atoms with van der Waals surface area (Å²) in [4.78, 5) is 0. The summed E-state index contributed by atoms with van der Waals surface area (Å²) < 4.78 is 13.0. The molecule has 15 heavy (non-hydrogen) atoms. The molecule has 2 atom stereocenters. The van der Waals surface area contributed by atoms with Crippen molar-refractivity contribution in [2.45, 2.75) is 39.7 Å². The van der Waals surface area contributed by atoms with E-state index in [2.05, 4.69) is 0 Å². The van der Waals surface area contributed by atoms with Crippen molar-refractivity contribution in [1.82, 2.24) is 0 Å². The first-order chi connectivity index (χ1) is 7.04. The first kappa shape index (κ1) is 12.2. The minimum absolute atomic E-state index is 0.176. The summed E-state index contributed by atoms with van der Waals surface area (Å²) in [5, 5.41) is 9.65. The molecule has 0 aliphatic carbocycles. The highest BCUT2D eigenvalue weighted by atomic mass is 19.1. The number of halogens is 1. The van der Waals surface area contributed by atoms with Gasteiger partial charge >= 0.3 is 0 Å². The molecular weight excluding hydrogens is 191 g/mol. The fraction of sp³-hybridized carbons (Fsp3) is 0.538. The Morgan fingerprint density at radius 2 is 2.07 bits per heavy atom. The fourth-order valence-electron chi connectivity index (χ4n) is 1.75. The first-order valence-electron chi connectivity index (χ1n) is 5.47. The van der Waals surface area contributed by atoms with Crippen LogP contribution in [-0.4, -0.2) is 11.2 Å². The van der Waals surface area contributed by atoms with Gasteiger partial charge in [-0.3, -0.25) is 0 Å². The smallest absolute Gasteiger partial charge is 0.123 e. The number of hydrogen-bond donors (Lipinski definition) is 1. The first-order valence-corrected chi connectivity index (χ1v) is 5.47. The van der Waals surface area contributed by atoms with Gasteiger partial charge < -0.3 is 5.11 Å². The molecule has 2 unspecified atom stereocenters. The molecule has 0 aliphatic rings. The van der Waals surface area contributed by atoms with Gasteiger partial charge in [0.1, 0.15) is 5.82 Å². The molecule has 1 rings (SSSR count). The van der Waals surface area contributed by atoms with Gasteiger partial charge in [-0.1, -0.05) is 19.9 Å². The Morgan fingerprint density at radius 1 is 1.40 bits per heavy atom.